The molecule has 2 heteroatoms. The predicted octanol–water partition coefficient (Wildman–Crippen LogP) is 2.35. The van der Waals surface area contributed by atoms with Gasteiger partial charge in [0.1, 0.15) is 0 Å². The smallest absolute Gasteiger partial charge is 0.0577 e. The van der Waals surface area contributed by atoms with Crippen molar-refractivity contribution in [2.24, 2.45) is 11.7 Å². The van der Waals surface area contributed by atoms with Crippen LogP contribution in [-0.2, 0) is 0 Å². The Kier molecular flexibility index (Phi) is 3.04. The van der Waals surface area contributed by atoms with E-state index >= 15 is 0 Å². The first-order valence-corrected chi connectivity index (χ1v) is 4.72. The van der Waals surface area contributed by atoms with E-state index in [9.17, 15) is 0 Å². The molecule has 0 aliphatic rings. The van der Waals surface area contributed by atoms with Crippen LogP contribution in [0.3, 0.4) is 0 Å². The van der Waals surface area contributed by atoms with Crippen LogP contribution in [0, 0.1) is 19.8 Å². The van der Waals surface area contributed by atoms with Crippen LogP contribution < -0.4 is 5.73 Å². The molecule has 72 valence electrons. The summed E-state index contributed by atoms with van der Waals surface area (Å²) in [6.45, 7) is 8.31. The quantitative estimate of drug-likeness (QED) is 0.755. The van der Waals surface area contributed by atoms with Gasteiger partial charge in [-0.15, -0.1) is 0 Å². The molecule has 0 spiro atoms. The van der Waals surface area contributed by atoms with Crippen molar-refractivity contribution in [3.05, 3.63) is 29.1 Å². The summed E-state index contributed by atoms with van der Waals surface area (Å²) in [5, 5.41) is 0. The van der Waals surface area contributed by atoms with E-state index in [0.717, 1.165) is 11.4 Å². The highest BCUT2D eigenvalue weighted by molar-refractivity contribution is 5.22. The molecule has 2 N–H and O–H groups in total. The van der Waals surface area contributed by atoms with Crippen molar-refractivity contribution in [3.63, 3.8) is 0 Å². The number of aromatic nitrogens is 1. The Bertz CT molecular complexity index is 292. The highest BCUT2D eigenvalue weighted by atomic mass is 14.8. The molecule has 0 fully saturated rings. The molecule has 1 heterocycles. The predicted molar refractivity (Wildman–Crippen MR) is 55.5 cm³/mol. The van der Waals surface area contributed by atoms with Gasteiger partial charge in [0.2, 0.25) is 0 Å². The molecule has 0 aliphatic carbocycles. The van der Waals surface area contributed by atoms with Crippen molar-refractivity contribution in [1.29, 1.82) is 0 Å². The first-order valence-electron chi connectivity index (χ1n) is 4.72. The summed E-state index contributed by atoms with van der Waals surface area (Å²) in [5.74, 6) is 0.439. The van der Waals surface area contributed by atoms with Gasteiger partial charge in [-0.3, -0.25) is 4.98 Å². The van der Waals surface area contributed by atoms with Crippen molar-refractivity contribution in [1.82, 2.24) is 4.98 Å². The maximum Gasteiger partial charge on any atom is 0.0577 e. The third-order valence-corrected chi connectivity index (χ3v) is 2.43. The molecule has 2 nitrogen and oxygen atoms in total. The Hall–Kier alpha value is -0.890. The molecule has 0 aliphatic heterocycles. The zero-order valence-corrected chi connectivity index (χ0v) is 8.83. The third kappa shape index (κ3) is 2.28. The molecule has 0 amide bonds. The van der Waals surface area contributed by atoms with Gasteiger partial charge >= 0.3 is 0 Å². The van der Waals surface area contributed by atoms with Gasteiger partial charge in [0.05, 0.1) is 5.69 Å². The lowest BCUT2D eigenvalue weighted by atomic mass is 10.0. The highest BCUT2D eigenvalue weighted by Gasteiger charge is 2.11. The van der Waals surface area contributed by atoms with Crippen molar-refractivity contribution in [2.75, 3.05) is 0 Å². The van der Waals surface area contributed by atoms with Crippen molar-refractivity contribution >= 4 is 0 Å². The van der Waals surface area contributed by atoms with Gasteiger partial charge in [0.25, 0.3) is 0 Å². The minimum atomic E-state index is 0.0549. The van der Waals surface area contributed by atoms with Crippen LogP contribution in [0.15, 0.2) is 12.1 Å². The van der Waals surface area contributed by atoms with E-state index in [2.05, 4.69) is 31.8 Å². The Morgan fingerprint density at radius 2 is 1.85 bits per heavy atom. The van der Waals surface area contributed by atoms with Crippen LogP contribution in [0.5, 0.6) is 0 Å². The van der Waals surface area contributed by atoms with Gasteiger partial charge in [-0.25, -0.2) is 0 Å². The van der Waals surface area contributed by atoms with Crippen molar-refractivity contribution < 1.29 is 0 Å². The average molecular weight is 178 g/mol. The molecule has 1 unspecified atom stereocenters. The highest BCUT2D eigenvalue weighted by Crippen LogP contribution is 2.17. The van der Waals surface area contributed by atoms with Crippen LogP contribution >= 0.6 is 0 Å². The van der Waals surface area contributed by atoms with Crippen LogP contribution in [0.4, 0.5) is 0 Å². The van der Waals surface area contributed by atoms with E-state index in [1.165, 1.54) is 5.56 Å². The number of pyridine rings is 1. The minimum Gasteiger partial charge on any atom is -0.322 e. The molecule has 0 radical (unpaired) electrons. The molecule has 0 saturated heterocycles. The molecule has 1 atom stereocenters. The SMILES string of the molecule is Cc1ccc(C(N)C(C)C)nc1C. The average Bonchev–Trinajstić information content (AvgIpc) is 2.08. The van der Waals surface area contributed by atoms with Gasteiger partial charge < -0.3 is 5.73 Å². The number of nitrogens with zero attached hydrogens (tertiary/aromatic N) is 1. The zero-order valence-electron chi connectivity index (χ0n) is 8.83. The maximum atomic E-state index is 5.99. The fourth-order valence-corrected chi connectivity index (χ4v) is 1.18. The summed E-state index contributed by atoms with van der Waals surface area (Å²) in [4.78, 5) is 4.47. The van der Waals surface area contributed by atoms with Gasteiger partial charge in [0, 0.05) is 11.7 Å². The van der Waals surface area contributed by atoms with Crippen LogP contribution in [0.25, 0.3) is 0 Å². The van der Waals surface area contributed by atoms with E-state index in [1.807, 2.05) is 13.0 Å². The van der Waals surface area contributed by atoms with Crippen LogP contribution in [0.2, 0.25) is 0 Å². The summed E-state index contributed by atoms with van der Waals surface area (Å²) >= 11 is 0. The molecule has 0 bridgehead atoms. The lowest BCUT2D eigenvalue weighted by Crippen LogP contribution is -2.18. The Morgan fingerprint density at radius 1 is 1.23 bits per heavy atom. The number of hydrogen-bond donors (Lipinski definition) is 1. The van der Waals surface area contributed by atoms with E-state index in [1.54, 1.807) is 0 Å². The largest absolute Gasteiger partial charge is 0.322 e. The Morgan fingerprint density at radius 3 is 2.31 bits per heavy atom. The lowest BCUT2D eigenvalue weighted by molar-refractivity contribution is 0.502. The molecular weight excluding hydrogens is 160 g/mol. The van der Waals surface area contributed by atoms with E-state index in [4.69, 9.17) is 5.73 Å². The lowest BCUT2D eigenvalue weighted by Gasteiger charge is -2.15. The van der Waals surface area contributed by atoms with Crippen LogP contribution in [-0.4, -0.2) is 4.98 Å². The molecule has 1 aromatic heterocycles. The number of rotatable bonds is 2. The molecule has 1 aromatic rings. The second-order valence-electron chi connectivity index (χ2n) is 3.91. The fourth-order valence-electron chi connectivity index (χ4n) is 1.18. The van der Waals surface area contributed by atoms with Crippen LogP contribution in [0.1, 0.15) is 36.8 Å². The summed E-state index contributed by atoms with van der Waals surface area (Å²) in [6.07, 6.45) is 0. The molecular formula is C11H18N2. The first kappa shape index (κ1) is 10.2. The van der Waals surface area contributed by atoms with Gasteiger partial charge in [-0.2, -0.15) is 0 Å². The Labute approximate surface area is 80.2 Å². The third-order valence-electron chi connectivity index (χ3n) is 2.43. The summed E-state index contributed by atoms with van der Waals surface area (Å²) in [5.41, 5.74) is 9.29. The molecule has 0 saturated carbocycles. The number of aryl methyl sites for hydroxylation is 2. The minimum absolute atomic E-state index is 0.0549. The second-order valence-corrected chi connectivity index (χ2v) is 3.91. The maximum absolute atomic E-state index is 5.99. The first-order chi connectivity index (χ1) is 6.02. The van der Waals surface area contributed by atoms with E-state index in [-0.39, 0.29) is 6.04 Å². The van der Waals surface area contributed by atoms with E-state index in [0.29, 0.717) is 5.92 Å². The van der Waals surface area contributed by atoms with Gasteiger partial charge in [0.15, 0.2) is 0 Å². The Balaban J connectivity index is 2.97. The standard InChI is InChI=1S/C11H18N2/c1-7(2)11(12)10-6-5-8(3)9(4)13-10/h5-7,11H,12H2,1-4H3. The van der Waals surface area contributed by atoms with E-state index < -0.39 is 0 Å². The zero-order chi connectivity index (χ0) is 10.0. The second kappa shape index (κ2) is 3.88. The van der Waals surface area contributed by atoms with Crippen molar-refractivity contribution in [2.45, 2.75) is 33.7 Å². The fraction of sp³-hybridized carbons (Fsp3) is 0.545. The van der Waals surface area contributed by atoms with Crippen molar-refractivity contribution in [3.8, 4) is 0 Å². The summed E-state index contributed by atoms with van der Waals surface area (Å²) in [7, 11) is 0. The monoisotopic (exact) mass is 178 g/mol. The normalized spacial score (nSPS) is 13.4. The summed E-state index contributed by atoms with van der Waals surface area (Å²) in [6, 6.07) is 4.16. The molecule has 1 rings (SSSR count). The number of nitrogens with two attached hydrogens (primary N) is 1. The number of hydrogen-bond acceptors (Lipinski definition) is 2. The van der Waals surface area contributed by atoms with Gasteiger partial charge in [-0.05, 0) is 31.4 Å². The molecule has 0 aromatic carbocycles. The van der Waals surface area contributed by atoms with Gasteiger partial charge in [-0.1, -0.05) is 19.9 Å². The topological polar surface area (TPSA) is 38.9 Å². The summed E-state index contributed by atoms with van der Waals surface area (Å²) < 4.78 is 0. The molecule has 13 heavy (non-hydrogen) atoms.